The van der Waals surface area contributed by atoms with Crippen LogP contribution in [0.3, 0.4) is 0 Å². The van der Waals surface area contributed by atoms with E-state index in [1.807, 2.05) is 68.1 Å². The average molecular weight is 1060 g/mol. The van der Waals surface area contributed by atoms with Gasteiger partial charge in [-0.15, -0.1) is 0 Å². The molecule has 15 heteroatoms. The standard InChI is InChI=1S/C33H49N3O5.C14H19NO3.C11H21NO2.C3H8/c1-9-22(5)31(28(10-2)40-8)35(6)29(37)19-34-32(38)30(21(3)4)36(7)33(39)41-20-27-25-17-13-11-15-23(25)24-16-12-14-18-26(24)27;1-14(2,3)18-13(17)12(15-10-16)9-11-7-5-4-6-8-11;1-8(2)11(14-4)10-6-5-9(3)12(10)7-13;1-3-2/h11-18,21-23,25,27-28,30-31H,9-10,19-20H2,1-8H3,(H,34,38);4-8,10,12H,9H2,1-3H3,(H,15,16);7-11H,5-6H2,1-4H3;3H2,1-2H3. The van der Waals surface area contributed by atoms with Crippen LogP contribution >= 0.6 is 0 Å². The highest BCUT2D eigenvalue weighted by molar-refractivity contribution is 5.89. The number of hydrogen-bond donors (Lipinski definition) is 2. The van der Waals surface area contributed by atoms with Crippen molar-refractivity contribution in [1.82, 2.24) is 25.3 Å². The van der Waals surface area contributed by atoms with Crippen LogP contribution in [0.25, 0.3) is 0 Å². The third-order valence-electron chi connectivity index (χ3n) is 14.4. The number of rotatable bonds is 22. The van der Waals surface area contributed by atoms with Crippen LogP contribution in [0, 0.1) is 23.7 Å². The van der Waals surface area contributed by atoms with Crippen molar-refractivity contribution in [2.45, 2.75) is 188 Å². The van der Waals surface area contributed by atoms with Crippen LogP contribution in [-0.2, 0) is 49.3 Å². The molecular formula is C61H97N5O10. The molecule has 5 rings (SSSR count). The summed E-state index contributed by atoms with van der Waals surface area (Å²) in [7, 11) is 6.74. The van der Waals surface area contributed by atoms with E-state index >= 15 is 0 Å². The number of hydrogen-bond acceptors (Lipinski definition) is 10. The minimum Gasteiger partial charge on any atom is -0.458 e. The van der Waals surface area contributed by atoms with Crippen molar-refractivity contribution in [3.63, 3.8) is 0 Å². The van der Waals surface area contributed by atoms with Crippen molar-refractivity contribution >= 4 is 36.7 Å². The number of allylic oxidation sites excluding steroid dienone is 4. The molecule has 0 aromatic heterocycles. The summed E-state index contributed by atoms with van der Waals surface area (Å²) in [5.41, 5.74) is 2.89. The molecule has 0 radical (unpaired) electrons. The summed E-state index contributed by atoms with van der Waals surface area (Å²) in [6.45, 7) is 26.1. The van der Waals surface area contributed by atoms with E-state index in [4.69, 9.17) is 18.9 Å². The molecule has 2 aromatic carbocycles. The van der Waals surface area contributed by atoms with Gasteiger partial charge in [0.1, 0.15) is 24.3 Å². The van der Waals surface area contributed by atoms with Gasteiger partial charge in [0, 0.05) is 52.6 Å². The molecule has 76 heavy (non-hydrogen) atoms. The maximum Gasteiger partial charge on any atom is 0.410 e. The Morgan fingerprint density at radius 1 is 0.803 bits per heavy atom. The van der Waals surface area contributed by atoms with Crippen LogP contribution in [-0.4, -0.2) is 141 Å². The Morgan fingerprint density at radius 3 is 1.93 bits per heavy atom. The van der Waals surface area contributed by atoms with Crippen LogP contribution in [0.15, 0.2) is 78.9 Å². The van der Waals surface area contributed by atoms with Gasteiger partial charge in [-0.1, -0.05) is 154 Å². The van der Waals surface area contributed by atoms with Crippen LogP contribution in [0.1, 0.15) is 151 Å². The lowest BCUT2D eigenvalue weighted by molar-refractivity contribution is -0.158. The number of carbonyl (C=O) groups excluding carboxylic acids is 6. The molecule has 1 fully saturated rings. The molecule has 11 unspecified atom stereocenters. The summed E-state index contributed by atoms with van der Waals surface area (Å²) in [6, 6.07) is 16.9. The van der Waals surface area contributed by atoms with Gasteiger partial charge in [0.25, 0.3) is 0 Å². The molecule has 1 saturated heterocycles. The van der Waals surface area contributed by atoms with E-state index < -0.39 is 29.7 Å². The smallest absolute Gasteiger partial charge is 0.410 e. The van der Waals surface area contributed by atoms with E-state index in [0.717, 1.165) is 37.7 Å². The maximum atomic E-state index is 13.3. The number of esters is 1. The first kappa shape index (κ1) is 66.6. The number of likely N-dealkylation sites (N-methyl/N-ethyl adjacent to an activating group) is 2. The molecule has 5 amide bonds. The summed E-state index contributed by atoms with van der Waals surface area (Å²) < 4.78 is 22.2. The van der Waals surface area contributed by atoms with Gasteiger partial charge in [0.05, 0.1) is 30.8 Å². The molecule has 15 nitrogen and oxygen atoms in total. The fraction of sp³-hybridized carbons (Fsp3) is 0.639. The SMILES string of the molecule is CC(C)(C)OC(=O)C(Cc1ccccc1)NC=O.CCC.CCC(C)C(C(CC)OC)N(C)C(=O)CNC(=O)C(C(C)C)N(C)C(=O)OCC1c2ccccc2C2C=CC=CC21.COC(C(C)C)C1CCC(C)N1C=O. The lowest BCUT2D eigenvalue weighted by atomic mass is 9.84. The van der Waals surface area contributed by atoms with Gasteiger partial charge < -0.3 is 39.4 Å². The Morgan fingerprint density at radius 2 is 1.41 bits per heavy atom. The molecule has 2 N–H and O–H groups in total. The van der Waals surface area contributed by atoms with Crippen molar-refractivity contribution in [2.75, 3.05) is 41.5 Å². The predicted molar refractivity (Wildman–Crippen MR) is 303 cm³/mol. The predicted octanol–water partition coefficient (Wildman–Crippen LogP) is 9.89. The second-order valence-corrected chi connectivity index (χ2v) is 22.0. The van der Waals surface area contributed by atoms with Crippen molar-refractivity contribution in [3.8, 4) is 0 Å². The van der Waals surface area contributed by atoms with E-state index in [1.54, 1.807) is 54.0 Å². The number of nitrogens with zero attached hydrogens (tertiary/aromatic N) is 3. The molecule has 0 saturated carbocycles. The monoisotopic (exact) mass is 1060 g/mol. The van der Waals surface area contributed by atoms with E-state index in [0.29, 0.717) is 24.8 Å². The molecule has 11 atom stereocenters. The fourth-order valence-electron chi connectivity index (χ4n) is 10.5. The number of nitrogens with one attached hydrogen (secondary N) is 2. The molecule has 3 aliphatic rings. The number of amides is 5. The topological polar surface area (TPSA) is 173 Å². The zero-order chi connectivity index (χ0) is 57.3. The highest BCUT2D eigenvalue weighted by atomic mass is 16.6. The number of methoxy groups -OCH3 is 2. The van der Waals surface area contributed by atoms with E-state index in [1.165, 1.54) is 22.4 Å². The average Bonchev–Trinajstić information content (AvgIpc) is 3.92. The highest BCUT2D eigenvalue weighted by Gasteiger charge is 2.41. The minimum absolute atomic E-state index is 0.0479. The first-order valence-corrected chi connectivity index (χ1v) is 27.6. The van der Waals surface area contributed by atoms with Gasteiger partial charge in [-0.2, -0.15) is 0 Å². The number of benzene rings is 2. The number of fused-ring (bicyclic) bond motifs is 3. The molecule has 2 aliphatic carbocycles. The summed E-state index contributed by atoms with van der Waals surface area (Å²) in [6.07, 6.45) is 15.0. The van der Waals surface area contributed by atoms with Gasteiger partial charge in [-0.05, 0) is 87.3 Å². The minimum atomic E-state index is -0.783. The normalized spacial score (nSPS) is 20.5. The van der Waals surface area contributed by atoms with Gasteiger partial charge in [-0.3, -0.25) is 24.1 Å². The van der Waals surface area contributed by atoms with Gasteiger partial charge >= 0.3 is 12.1 Å². The zero-order valence-electron chi connectivity index (χ0n) is 49.2. The third-order valence-corrected chi connectivity index (χ3v) is 14.4. The van der Waals surface area contributed by atoms with Crippen LogP contribution in [0.5, 0.6) is 0 Å². The molecule has 1 heterocycles. The summed E-state index contributed by atoms with van der Waals surface area (Å²) in [5, 5.41) is 5.28. The zero-order valence-corrected chi connectivity index (χ0v) is 49.2. The number of likely N-dealkylation sites (tertiary alicyclic amines) is 1. The molecule has 0 bridgehead atoms. The van der Waals surface area contributed by atoms with Crippen molar-refractivity contribution in [1.29, 1.82) is 0 Å². The Hall–Kier alpha value is -5.54. The molecule has 0 spiro atoms. The fourth-order valence-corrected chi connectivity index (χ4v) is 10.5. The van der Waals surface area contributed by atoms with Crippen LogP contribution in [0.2, 0.25) is 0 Å². The number of ether oxygens (including phenoxy) is 4. The largest absolute Gasteiger partial charge is 0.458 e. The van der Waals surface area contributed by atoms with E-state index in [-0.39, 0.29) is 78.8 Å². The van der Waals surface area contributed by atoms with Crippen LogP contribution < -0.4 is 10.6 Å². The Bertz CT molecular complexity index is 2120. The second kappa shape index (κ2) is 33.6. The van der Waals surface area contributed by atoms with Crippen LogP contribution in [0.4, 0.5) is 4.79 Å². The quantitative estimate of drug-likeness (QED) is 0.0854. The molecule has 1 aliphatic heterocycles. The van der Waals surface area contributed by atoms with Crippen molar-refractivity contribution in [3.05, 3.63) is 95.6 Å². The summed E-state index contributed by atoms with van der Waals surface area (Å²) in [4.78, 5) is 78.0. The summed E-state index contributed by atoms with van der Waals surface area (Å²) in [5.74, 6) is 0.0575. The number of carbonyl (C=O) groups is 6. The highest BCUT2D eigenvalue weighted by Crippen LogP contribution is 2.49. The van der Waals surface area contributed by atoms with E-state index in [9.17, 15) is 28.8 Å². The Kier molecular flexibility index (Phi) is 29.4. The molecular weight excluding hydrogens is 963 g/mol. The summed E-state index contributed by atoms with van der Waals surface area (Å²) >= 11 is 0. The Labute approximate surface area is 457 Å². The lowest BCUT2D eigenvalue weighted by Gasteiger charge is -2.37. The first-order valence-electron chi connectivity index (χ1n) is 27.6. The maximum absolute atomic E-state index is 13.3. The molecule has 2 aromatic rings. The second-order valence-electron chi connectivity index (χ2n) is 22.0. The first-order chi connectivity index (χ1) is 36.0. The molecule has 426 valence electrons. The lowest BCUT2D eigenvalue weighted by Crippen LogP contribution is -2.54. The van der Waals surface area contributed by atoms with Crippen molar-refractivity contribution < 1.29 is 47.7 Å². The Balaban J connectivity index is 0.000000460. The van der Waals surface area contributed by atoms with Gasteiger partial charge in [0.15, 0.2) is 0 Å². The van der Waals surface area contributed by atoms with E-state index in [2.05, 4.69) is 95.5 Å². The van der Waals surface area contributed by atoms with Gasteiger partial charge in [-0.25, -0.2) is 9.59 Å². The van der Waals surface area contributed by atoms with Crippen molar-refractivity contribution in [2.24, 2.45) is 23.7 Å². The van der Waals surface area contributed by atoms with Gasteiger partial charge in [0.2, 0.25) is 24.6 Å². The third kappa shape index (κ3) is 19.8.